The number of likely N-dealkylation sites (tertiary alicyclic amines) is 1. The summed E-state index contributed by atoms with van der Waals surface area (Å²) in [6.07, 6.45) is 12.5. The normalized spacial score (nSPS) is 17.3. The van der Waals surface area contributed by atoms with E-state index >= 15 is 0 Å². The molecule has 5 N–H and O–H groups in total. The number of hydrogen-bond donors (Lipinski definition) is 3. The first-order chi connectivity index (χ1) is 18.3. The molecule has 1 aromatic carbocycles. The molecule has 0 radical (unpaired) electrons. The minimum atomic E-state index is -0.757. The molecule has 7 nitrogen and oxygen atoms in total. The maximum atomic E-state index is 14.7. The monoisotopic (exact) mass is 533 g/mol. The summed E-state index contributed by atoms with van der Waals surface area (Å²) in [6.45, 7) is 5.20. The number of carbonyl (C=O) groups excluding carboxylic acids is 1. The molecule has 0 unspecified atom stereocenters. The van der Waals surface area contributed by atoms with Gasteiger partial charge in [0.25, 0.3) is 0 Å². The number of nitrogens with two attached hydrogens (primary N) is 2. The van der Waals surface area contributed by atoms with Crippen molar-refractivity contribution in [1.82, 2.24) is 9.88 Å². The van der Waals surface area contributed by atoms with Crippen LogP contribution in [0.3, 0.4) is 0 Å². The predicted molar refractivity (Wildman–Crippen MR) is 152 cm³/mol. The van der Waals surface area contributed by atoms with Gasteiger partial charge in [0.2, 0.25) is 0 Å². The van der Waals surface area contributed by atoms with E-state index in [9.17, 15) is 9.18 Å². The molecule has 1 saturated heterocycles. The summed E-state index contributed by atoms with van der Waals surface area (Å²) < 4.78 is 21.5. The quantitative estimate of drug-likeness (QED) is 0.350. The van der Waals surface area contributed by atoms with Crippen molar-refractivity contribution in [2.24, 2.45) is 11.5 Å². The molecule has 38 heavy (non-hydrogen) atoms. The van der Waals surface area contributed by atoms with Crippen molar-refractivity contribution >= 4 is 38.8 Å². The fourth-order valence-electron chi connectivity index (χ4n) is 4.81. The van der Waals surface area contributed by atoms with Crippen LogP contribution in [-0.2, 0) is 0 Å². The van der Waals surface area contributed by atoms with Crippen molar-refractivity contribution in [3.8, 4) is 11.5 Å². The molecule has 5 rings (SSSR count). The number of anilines is 1. The lowest BCUT2D eigenvalue weighted by Crippen LogP contribution is -2.40. The fourth-order valence-corrected chi connectivity index (χ4v) is 5.93. The third-order valence-electron chi connectivity index (χ3n) is 6.87. The van der Waals surface area contributed by atoms with Gasteiger partial charge in [-0.1, -0.05) is 23.8 Å². The number of nitrogens with zero attached hydrogens (tertiary/aromatic N) is 2. The molecule has 198 valence electrons. The highest BCUT2D eigenvalue weighted by atomic mass is 32.1. The van der Waals surface area contributed by atoms with Crippen molar-refractivity contribution in [3.05, 3.63) is 76.6 Å². The van der Waals surface area contributed by atoms with Gasteiger partial charge in [-0.2, -0.15) is 0 Å². The zero-order valence-corrected chi connectivity index (χ0v) is 22.2. The number of aromatic nitrogens is 1. The smallest absolute Gasteiger partial charge is 0.316 e. The average Bonchev–Trinajstić information content (AvgIpc) is 3.30. The van der Waals surface area contributed by atoms with Crippen molar-refractivity contribution in [2.45, 2.75) is 38.6 Å². The molecule has 2 aliphatic rings. The SMILES string of the molecule is CC1=CC(CN2CCC(N)CC2)=CC=C(c2cc3nccc(Oc4ccc(NC(N)=O)cc4F)c3s2)CC1. The van der Waals surface area contributed by atoms with Gasteiger partial charge in [-0.05, 0) is 75.0 Å². The first-order valence-corrected chi connectivity index (χ1v) is 13.6. The molecule has 1 fully saturated rings. The first kappa shape index (κ1) is 26.1. The molecule has 0 spiro atoms. The van der Waals surface area contributed by atoms with Crippen LogP contribution in [0.4, 0.5) is 14.9 Å². The maximum absolute atomic E-state index is 14.7. The molecular weight excluding hydrogens is 501 g/mol. The standard InChI is InChI=1S/C29H32FN5O2S/c1-18-2-4-20(5-3-19(14-18)17-35-12-9-21(31)10-13-35)27-16-24-28(38-27)26(8-11-33-24)37-25-7-6-22(15-23(25)30)34-29(32)36/h3,5-8,11,14-16,21H,2,4,9-10,12-13,17,31H2,1H3,(H3,32,34,36). The predicted octanol–water partition coefficient (Wildman–Crippen LogP) is 6.19. The van der Waals surface area contributed by atoms with Crippen LogP contribution in [0.2, 0.25) is 0 Å². The fraction of sp³-hybridized carbons (Fsp3) is 0.310. The van der Waals surface area contributed by atoms with Gasteiger partial charge in [-0.15, -0.1) is 11.3 Å². The van der Waals surface area contributed by atoms with E-state index in [0.29, 0.717) is 11.8 Å². The topological polar surface area (TPSA) is 106 Å². The van der Waals surface area contributed by atoms with Crippen LogP contribution in [0.25, 0.3) is 15.8 Å². The lowest BCUT2D eigenvalue weighted by Gasteiger charge is -2.30. The number of thiophene rings is 1. The minimum Gasteiger partial charge on any atom is -0.453 e. The summed E-state index contributed by atoms with van der Waals surface area (Å²) in [5.74, 6) is -0.0150. The van der Waals surface area contributed by atoms with Gasteiger partial charge in [0.05, 0.1) is 10.2 Å². The average molecular weight is 534 g/mol. The largest absolute Gasteiger partial charge is 0.453 e. The molecule has 3 aromatic rings. The Morgan fingerprint density at radius 2 is 2.00 bits per heavy atom. The summed E-state index contributed by atoms with van der Waals surface area (Å²) in [6, 6.07) is 7.57. The number of rotatable bonds is 6. The van der Waals surface area contributed by atoms with Crippen LogP contribution in [0.5, 0.6) is 11.5 Å². The van der Waals surface area contributed by atoms with Gasteiger partial charge in [0, 0.05) is 41.5 Å². The highest BCUT2D eigenvalue weighted by molar-refractivity contribution is 7.20. The number of pyridine rings is 1. The van der Waals surface area contributed by atoms with Crippen molar-refractivity contribution in [2.75, 3.05) is 25.0 Å². The van der Waals surface area contributed by atoms with Gasteiger partial charge in [-0.25, -0.2) is 9.18 Å². The Balaban J connectivity index is 1.39. The number of urea groups is 1. The molecule has 2 amide bonds. The summed E-state index contributed by atoms with van der Waals surface area (Å²) in [4.78, 5) is 19.2. The zero-order valence-electron chi connectivity index (χ0n) is 21.4. The number of piperidine rings is 1. The van der Waals surface area contributed by atoms with Gasteiger partial charge >= 0.3 is 6.03 Å². The van der Waals surface area contributed by atoms with Crippen molar-refractivity contribution < 1.29 is 13.9 Å². The van der Waals surface area contributed by atoms with Crippen molar-refractivity contribution in [1.29, 1.82) is 0 Å². The van der Waals surface area contributed by atoms with Gasteiger partial charge in [-0.3, -0.25) is 9.88 Å². The van der Waals surface area contributed by atoms with Crippen molar-refractivity contribution in [3.63, 3.8) is 0 Å². The second-order valence-electron chi connectivity index (χ2n) is 9.91. The summed E-state index contributed by atoms with van der Waals surface area (Å²) in [7, 11) is 0. The molecule has 0 bridgehead atoms. The van der Waals surface area contributed by atoms with E-state index in [1.165, 1.54) is 28.9 Å². The van der Waals surface area contributed by atoms with E-state index in [4.69, 9.17) is 16.2 Å². The lowest BCUT2D eigenvalue weighted by molar-refractivity contribution is 0.230. The van der Waals surface area contributed by atoms with Crippen LogP contribution in [0, 0.1) is 5.82 Å². The maximum Gasteiger partial charge on any atom is 0.316 e. The van der Waals surface area contributed by atoms with E-state index in [2.05, 4.69) is 46.4 Å². The van der Waals surface area contributed by atoms with Crippen LogP contribution < -0.4 is 21.5 Å². The van der Waals surface area contributed by atoms with Gasteiger partial charge in [0.15, 0.2) is 11.6 Å². The Morgan fingerprint density at radius 1 is 1.18 bits per heavy atom. The van der Waals surface area contributed by atoms with Gasteiger partial charge in [0.1, 0.15) is 5.75 Å². The minimum absolute atomic E-state index is 0.0552. The van der Waals surface area contributed by atoms with E-state index in [-0.39, 0.29) is 11.4 Å². The Kier molecular flexibility index (Phi) is 7.87. The number of ether oxygens (including phenoxy) is 1. The number of amides is 2. The third kappa shape index (κ3) is 6.30. The highest BCUT2D eigenvalue weighted by Gasteiger charge is 2.18. The Morgan fingerprint density at radius 3 is 2.76 bits per heavy atom. The molecule has 1 aliphatic carbocycles. The number of carbonyl (C=O) groups is 1. The molecular formula is C29H32FN5O2S. The van der Waals surface area contributed by atoms with Crippen LogP contribution in [0.15, 0.2) is 65.9 Å². The van der Waals surface area contributed by atoms with E-state index in [1.54, 1.807) is 29.7 Å². The van der Waals surface area contributed by atoms with Gasteiger partial charge < -0.3 is 21.5 Å². The Labute approximate surface area is 225 Å². The van der Waals surface area contributed by atoms with Crippen LogP contribution in [0.1, 0.15) is 37.5 Å². The van der Waals surface area contributed by atoms with Crippen LogP contribution >= 0.6 is 11.3 Å². The number of primary amides is 1. The third-order valence-corrected chi connectivity index (χ3v) is 8.08. The lowest BCUT2D eigenvalue weighted by atomic mass is 9.98. The molecule has 0 saturated carbocycles. The second-order valence-corrected chi connectivity index (χ2v) is 11.0. The Hall–Kier alpha value is -3.53. The van der Waals surface area contributed by atoms with E-state index in [1.807, 2.05) is 0 Å². The number of allylic oxidation sites excluding steroid dienone is 4. The number of hydrogen-bond acceptors (Lipinski definition) is 6. The molecule has 0 atom stereocenters. The molecule has 2 aromatic heterocycles. The highest BCUT2D eigenvalue weighted by Crippen LogP contribution is 2.40. The zero-order chi connectivity index (χ0) is 26.6. The first-order valence-electron chi connectivity index (χ1n) is 12.8. The number of nitrogens with one attached hydrogen (secondary N) is 1. The summed E-state index contributed by atoms with van der Waals surface area (Å²) >= 11 is 1.60. The number of halogens is 1. The molecule has 1 aliphatic heterocycles. The summed E-state index contributed by atoms with van der Waals surface area (Å²) in [5, 5.41) is 2.36. The molecule has 9 heteroatoms. The number of fused-ring (bicyclic) bond motifs is 1. The Bertz CT molecular complexity index is 1440. The van der Waals surface area contributed by atoms with E-state index in [0.717, 1.165) is 60.4 Å². The summed E-state index contributed by atoms with van der Waals surface area (Å²) in [5.41, 5.74) is 16.2. The van der Waals surface area contributed by atoms with Crippen LogP contribution in [-0.4, -0.2) is 41.6 Å². The molecule has 3 heterocycles. The second kappa shape index (κ2) is 11.5. The number of benzene rings is 1. The van der Waals surface area contributed by atoms with E-state index < -0.39 is 11.8 Å².